The second kappa shape index (κ2) is 4.79. The lowest BCUT2D eigenvalue weighted by atomic mass is 9.95. The molecule has 1 nitrogen and oxygen atoms in total. The summed E-state index contributed by atoms with van der Waals surface area (Å²) < 4.78 is 12.7. The summed E-state index contributed by atoms with van der Waals surface area (Å²) in [4.78, 5) is 11.6. The van der Waals surface area contributed by atoms with Crippen LogP contribution in [0.2, 0.25) is 0 Å². The standard InChI is InChI=1S/C12H13FOS/c13-11-3-1-9(2-4-11)7-10-8-15-6-5-12(10)14/h1-4,10H,5-8H2. The summed E-state index contributed by atoms with van der Waals surface area (Å²) >= 11 is 1.83. The molecule has 0 bridgehead atoms. The zero-order valence-corrected chi connectivity index (χ0v) is 9.23. The van der Waals surface area contributed by atoms with Crippen LogP contribution in [0.1, 0.15) is 12.0 Å². The van der Waals surface area contributed by atoms with Gasteiger partial charge in [-0.25, -0.2) is 4.39 Å². The molecule has 3 heteroatoms. The van der Waals surface area contributed by atoms with Crippen LogP contribution in [0.4, 0.5) is 4.39 Å². The van der Waals surface area contributed by atoms with Gasteiger partial charge in [0.05, 0.1) is 0 Å². The Bertz CT molecular complexity index is 347. The quantitative estimate of drug-likeness (QED) is 0.768. The highest BCUT2D eigenvalue weighted by Crippen LogP contribution is 2.23. The molecular weight excluding hydrogens is 211 g/mol. The van der Waals surface area contributed by atoms with Crippen molar-refractivity contribution in [2.45, 2.75) is 12.8 Å². The van der Waals surface area contributed by atoms with Crippen molar-refractivity contribution in [1.82, 2.24) is 0 Å². The highest BCUT2D eigenvalue weighted by molar-refractivity contribution is 7.99. The first-order valence-corrected chi connectivity index (χ1v) is 6.26. The Hall–Kier alpha value is -0.830. The first kappa shape index (κ1) is 10.7. The van der Waals surface area contributed by atoms with Crippen LogP contribution in [0, 0.1) is 11.7 Å². The van der Waals surface area contributed by atoms with E-state index in [4.69, 9.17) is 0 Å². The van der Waals surface area contributed by atoms with Gasteiger partial charge in [0.1, 0.15) is 11.6 Å². The van der Waals surface area contributed by atoms with Crippen LogP contribution >= 0.6 is 11.8 Å². The SMILES string of the molecule is O=C1CCSCC1Cc1ccc(F)cc1. The minimum atomic E-state index is -0.219. The third-order valence-corrected chi connectivity index (χ3v) is 3.79. The van der Waals surface area contributed by atoms with E-state index < -0.39 is 0 Å². The number of rotatable bonds is 2. The summed E-state index contributed by atoms with van der Waals surface area (Å²) in [6.07, 6.45) is 1.45. The van der Waals surface area contributed by atoms with Gasteiger partial charge in [-0.05, 0) is 24.1 Å². The fourth-order valence-electron chi connectivity index (χ4n) is 1.77. The van der Waals surface area contributed by atoms with E-state index in [-0.39, 0.29) is 11.7 Å². The molecule has 1 aliphatic rings. The first-order chi connectivity index (χ1) is 7.25. The minimum Gasteiger partial charge on any atom is -0.299 e. The molecule has 0 aliphatic carbocycles. The molecule has 0 radical (unpaired) electrons. The van der Waals surface area contributed by atoms with Gasteiger partial charge in [-0.15, -0.1) is 0 Å². The van der Waals surface area contributed by atoms with Gasteiger partial charge in [0.25, 0.3) is 0 Å². The molecule has 15 heavy (non-hydrogen) atoms. The number of hydrogen-bond acceptors (Lipinski definition) is 2. The highest BCUT2D eigenvalue weighted by atomic mass is 32.2. The number of carbonyl (C=O) groups excluding carboxylic acids is 1. The van der Waals surface area contributed by atoms with E-state index in [1.807, 2.05) is 11.8 Å². The van der Waals surface area contributed by atoms with Crippen molar-refractivity contribution < 1.29 is 9.18 Å². The highest BCUT2D eigenvalue weighted by Gasteiger charge is 2.22. The van der Waals surface area contributed by atoms with E-state index in [1.165, 1.54) is 12.1 Å². The normalized spacial score (nSPS) is 21.7. The van der Waals surface area contributed by atoms with Crippen molar-refractivity contribution in [3.8, 4) is 0 Å². The fraction of sp³-hybridized carbons (Fsp3) is 0.417. The van der Waals surface area contributed by atoms with Crippen molar-refractivity contribution >= 4 is 17.5 Å². The summed E-state index contributed by atoms with van der Waals surface area (Å²) in [6.45, 7) is 0. The topological polar surface area (TPSA) is 17.1 Å². The van der Waals surface area contributed by atoms with Gasteiger partial charge in [-0.3, -0.25) is 4.79 Å². The van der Waals surface area contributed by atoms with E-state index in [0.29, 0.717) is 12.2 Å². The van der Waals surface area contributed by atoms with Crippen LogP contribution in [0.3, 0.4) is 0 Å². The van der Waals surface area contributed by atoms with E-state index in [1.54, 1.807) is 12.1 Å². The Labute approximate surface area is 93.1 Å². The number of halogens is 1. The second-order valence-corrected chi connectivity index (χ2v) is 4.97. The summed E-state index contributed by atoms with van der Waals surface area (Å²) in [5, 5.41) is 0. The zero-order chi connectivity index (χ0) is 10.7. The summed E-state index contributed by atoms with van der Waals surface area (Å²) in [6, 6.07) is 6.44. The van der Waals surface area contributed by atoms with Gasteiger partial charge < -0.3 is 0 Å². The Kier molecular flexibility index (Phi) is 3.41. The van der Waals surface area contributed by atoms with E-state index in [9.17, 15) is 9.18 Å². The van der Waals surface area contributed by atoms with Crippen LogP contribution in [0.15, 0.2) is 24.3 Å². The lowest BCUT2D eigenvalue weighted by molar-refractivity contribution is -0.122. The Morgan fingerprint density at radius 2 is 2.07 bits per heavy atom. The molecule has 1 aromatic carbocycles. The molecule has 0 spiro atoms. The predicted octanol–water partition coefficient (Wildman–Crippen LogP) is 2.69. The smallest absolute Gasteiger partial charge is 0.137 e. The van der Waals surface area contributed by atoms with Crippen LogP contribution < -0.4 is 0 Å². The second-order valence-electron chi connectivity index (χ2n) is 3.82. The van der Waals surface area contributed by atoms with Gasteiger partial charge in [-0.1, -0.05) is 12.1 Å². The maximum absolute atomic E-state index is 12.7. The fourth-order valence-corrected chi connectivity index (χ4v) is 2.87. The number of benzene rings is 1. The van der Waals surface area contributed by atoms with Crippen LogP contribution in [-0.2, 0) is 11.2 Å². The molecule has 0 saturated carbocycles. The predicted molar refractivity (Wildman–Crippen MR) is 60.5 cm³/mol. The number of carbonyl (C=O) groups is 1. The average molecular weight is 224 g/mol. The van der Waals surface area contributed by atoms with E-state index >= 15 is 0 Å². The number of ketones is 1. The molecular formula is C12H13FOS. The Morgan fingerprint density at radius 3 is 2.73 bits per heavy atom. The Balaban J connectivity index is 2.01. The molecule has 1 saturated heterocycles. The number of thioether (sulfide) groups is 1. The summed E-state index contributed by atoms with van der Waals surface area (Å²) in [7, 11) is 0. The lowest BCUT2D eigenvalue weighted by Gasteiger charge is -2.19. The van der Waals surface area contributed by atoms with Crippen LogP contribution in [0.25, 0.3) is 0 Å². The third kappa shape index (κ3) is 2.81. The van der Waals surface area contributed by atoms with Crippen molar-refractivity contribution in [2.75, 3.05) is 11.5 Å². The number of hydrogen-bond donors (Lipinski definition) is 0. The van der Waals surface area contributed by atoms with Gasteiger partial charge in [0, 0.05) is 23.8 Å². The third-order valence-electron chi connectivity index (χ3n) is 2.66. The molecule has 1 fully saturated rings. The first-order valence-electron chi connectivity index (χ1n) is 5.10. The van der Waals surface area contributed by atoms with E-state index in [0.717, 1.165) is 23.5 Å². The molecule has 2 rings (SSSR count). The molecule has 1 atom stereocenters. The zero-order valence-electron chi connectivity index (χ0n) is 8.41. The molecule has 1 unspecified atom stereocenters. The molecule has 1 aliphatic heterocycles. The minimum absolute atomic E-state index is 0.134. The summed E-state index contributed by atoms with van der Waals surface area (Å²) in [5.41, 5.74) is 1.05. The molecule has 0 amide bonds. The largest absolute Gasteiger partial charge is 0.299 e. The van der Waals surface area contributed by atoms with E-state index in [2.05, 4.69) is 0 Å². The Morgan fingerprint density at radius 1 is 1.33 bits per heavy atom. The lowest BCUT2D eigenvalue weighted by Crippen LogP contribution is -2.24. The van der Waals surface area contributed by atoms with Crippen molar-refractivity contribution in [1.29, 1.82) is 0 Å². The van der Waals surface area contributed by atoms with Crippen LogP contribution in [-0.4, -0.2) is 17.3 Å². The maximum atomic E-state index is 12.7. The monoisotopic (exact) mass is 224 g/mol. The number of Topliss-reactive ketones (excluding diaryl/α,β-unsaturated/α-hetero) is 1. The molecule has 0 aromatic heterocycles. The molecule has 80 valence electrons. The molecule has 0 N–H and O–H groups in total. The van der Waals surface area contributed by atoms with Gasteiger partial charge in [-0.2, -0.15) is 11.8 Å². The van der Waals surface area contributed by atoms with Gasteiger partial charge >= 0.3 is 0 Å². The van der Waals surface area contributed by atoms with Crippen LogP contribution in [0.5, 0.6) is 0 Å². The maximum Gasteiger partial charge on any atom is 0.137 e. The van der Waals surface area contributed by atoms with Crippen molar-refractivity contribution in [3.05, 3.63) is 35.6 Å². The summed E-state index contributed by atoms with van der Waals surface area (Å²) in [5.74, 6) is 2.14. The van der Waals surface area contributed by atoms with Gasteiger partial charge in [0.2, 0.25) is 0 Å². The van der Waals surface area contributed by atoms with Crippen molar-refractivity contribution in [2.24, 2.45) is 5.92 Å². The van der Waals surface area contributed by atoms with Gasteiger partial charge in [0.15, 0.2) is 0 Å². The van der Waals surface area contributed by atoms with Crippen molar-refractivity contribution in [3.63, 3.8) is 0 Å². The average Bonchev–Trinajstić information content (AvgIpc) is 2.25. The molecule has 1 heterocycles. The molecule has 1 aromatic rings.